The number of carbonyl (C=O) groups is 2. The summed E-state index contributed by atoms with van der Waals surface area (Å²) in [7, 11) is 0. The second kappa shape index (κ2) is 5.64. The SMILES string of the molecule is O=C(O)[C@H]1C[C@@H](O)CN1C(=O)Nc1cc(Cl)ccc1F. The zero-order valence-electron chi connectivity index (χ0n) is 10.2. The quantitative estimate of drug-likeness (QED) is 0.773. The zero-order valence-corrected chi connectivity index (χ0v) is 11.0. The second-order valence-electron chi connectivity index (χ2n) is 4.45. The third kappa shape index (κ3) is 3.00. The summed E-state index contributed by atoms with van der Waals surface area (Å²) < 4.78 is 13.5. The fourth-order valence-corrected chi connectivity index (χ4v) is 2.22. The van der Waals surface area contributed by atoms with E-state index in [1.807, 2.05) is 0 Å². The van der Waals surface area contributed by atoms with Gasteiger partial charge in [-0.2, -0.15) is 0 Å². The van der Waals surface area contributed by atoms with Crippen LogP contribution in [0.5, 0.6) is 0 Å². The molecular formula is C12H12ClFN2O4. The molecule has 1 saturated heterocycles. The standard InChI is InChI=1S/C12H12ClFN2O4/c13-6-1-2-8(14)9(3-6)15-12(20)16-5-7(17)4-10(16)11(18)19/h1-3,7,10,17H,4-5H2,(H,15,20)(H,18,19)/t7-,10-/m1/s1. The molecule has 1 aliphatic heterocycles. The average molecular weight is 303 g/mol. The van der Waals surface area contributed by atoms with Crippen molar-refractivity contribution in [2.24, 2.45) is 0 Å². The number of carbonyl (C=O) groups excluding carboxylic acids is 1. The van der Waals surface area contributed by atoms with Crippen LogP contribution in [-0.2, 0) is 4.79 Å². The van der Waals surface area contributed by atoms with Gasteiger partial charge in [-0.1, -0.05) is 11.6 Å². The molecular weight excluding hydrogens is 291 g/mol. The fourth-order valence-electron chi connectivity index (χ4n) is 2.05. The molecule has 0 radical (unpaired) electrons. The molecule has 8 heteroatoms. The van der Waals surface area contributed by atoms with Crippen molar-refractivity contribution >= 4 is 29.3 Å². The van der Waals surface area contributed by atoms with Crippen LogP contribution in [0.15, 0.2) is 18.2 Å². The zero-order chi connectivity index (χ0) is 14.9. The average Bonchev–Trinajstić information content (AvgIpc) is 2.76. The Labute approximate surface area is 118 Å². The summed E-state index contributed by atoms with van der Waals surface area (Å²) in [5.74, 6) is -1.90. The Bertz CT molecular complexity index is 554. The molecule has 6 nitrogen and oxygen atoms in total. The van der Waals surface area contributed by atoms with Crippen molar-refractivity contribution in [3.63, 3.8) is 0 Å². The lowest BCUT2D eigenvalue weighted by molar-refractivity contribution is -0.141. The number of nitrogens with zero attached hydrogens (tertiary/aromatic N) is 1. The van der Waals surface area contributed by atoms with E-state index in [1.165, 1.54) is 12.1 Å². The number of anilines is 1. The minimum Gasteiger partial charge on any atom is -0.480 e. The number of rotatable bonds is 2. The Balaban J connectivity index is 2.15. The molecule has 20 heavy (non-hydrogen) atoms. The number of nitrogens with one attached hydrogen (secondary N) is 1. The van der Waals surface area contributed by atoms with Gasteiger partial charge < -0.3 is 20.4 Å². The largest absolute Gasteiger partial charge is 0.480 e. The summed E-state index contributed by atoms with van der Waals surface area (Å²) in [6, 6.07) is 1.71. The molecule has 1 heterocycles. The molecule has 0 unspecified atom stereocenters. The van der Waals surface area contributed by atoms with Crippen molar-refractivity contribution < 1.29 is 24.2 Å². The Morgan fingerprint density at radius 1 is 1.45 bits per heavy atom. The number of carboxylic acids is 1. The maximum absolute atomic E-state index is 13.5. The summed E-state index contributed by atoms with van der Waals surface area (Å²) in [6.45, 7) is -0.120. The van der Waals surface area contributed by atoms with Gasteiger partial charge in [-0.3, -0.25) is 0 Å². The Hall–Kier alpha value is -1.86. The molecule has 0 bridgehead atoms. The number of β-amino-alcohol motifs (C(OH)–C–C–N with tert-alkyl or cyclic N) is 1. The van der Waals surface area contributed by atoms with Crippen LogP contribution in [-0.4, -0.2) is 45.8 Å². The summed E-state index contributed by atoms with van der Waals surface area (Å²) in [5, 5.41) is 20.9. The molecule has 1 fully saturated rings. The van der Waals surface area contributed by atoms with E-state index in [2.05, 4.69) is 5.32 Å². The van der Waals surface area contributed by atoms with Crippen LogP contribution in [0.3, 0.4) is 0 Å². The molecule has 0 saturated carbocycles. The molecule has 108 valence electrons. The summed E-state index contributed by atoms with van der Waals surface area (Å²) in [6.07, 6.45) is -0.966. The van der Waals surface area contributed by atoms with E-state index < -0.39 is 30.0 Å². The second-order valence-corrected chi connectivity index (χ2v) is 4.89. The minimum atomic E-state index is -1.22. The maximum atomic E-state index is 13.5. The normalized spacial score (nSPS) is 21.9. The van der Waals surface area contributed by atoms with Gasteiger partial charge in [-0.25, -0.2) is 14.0 Å². The van der Waals surface area contributed by atoms with E-state index in [1.54, 1.807) is 0 Å². The molecule has 2 rings (SSSR count). The minimum absolute atomic E-state index is 0.0548. The molecule has 1 aromatic carbocycles. The van der Waals surface area contributed by atoms with Gasteiger partial charge in [0.25, 0.3) is 0 Å². The number of aliphatic carboxylic acids is 1. The first-order valence-corrected chi connectivity index (χ1v) is 6.20. The van der Waals surface area contributed by atoms with Crippen LogP contribution in [0.25, 0.3) is 0 Å². The van der Waals surface area contributed by atoms with E-state index in [9.17, 15) is 19.1 Å². The fraction of sp³-hybridized carbons (Fsp3) is 0.333. The lowest BCUT2D eigenvalue weighted by atomic mass is 10.2. The number of hydrogen-bond acceptors (Lipinski definition) is 3. The lowest BCUT2D eigenvalue weighted by Crippen LogP contribution is -2.43. The summed E-state index contributed by atoms with van der Waals surface area (Å²) in [4.78, 5) is 23.9. The van der Waals surface area contributed by atoms with Crippen LogP contribution in [0, 0.1) is 5.82 Å². The third-order valence-electron chi connectivity index (χ3n) is 2.99. The van der Waals surface area contributed by atoms with E-state index >= 15 is 0 Å². The van der Waals surface area contributed by atoms with Crippen molar-refractivity contribution in [1.82, 2.24) is 4.90 Å². The van der Waals surface area contributed by atoms with Crippen molar-refractivity contribution in [2.75, 3.05) is 11.9 Å². The molecule has 0 aromatic heterocycles. The number of amides is 2. The molecule has 3 N–H and O–H groups in total. The van der Waals surface area contributed by atoms with Crippen molar-refractivity contribution in [3.8, 4) is 0 Å². The van der Waals surface area contributed by atoms with Gasteiger partial charge in [0.15, 0.2) is 0 Å². The van der Waals surface area contributed by atoms with Crippen molar-refractivity contribution in [2.45, 2.75) is 18.6 Å². The van der Waals surface area contributed by atoms with Gasteiger partial charge in [-0.05, 0) is 18.2 Å². The van der Waals surface area contributed by atoms with Crippen LogP contribution in [0.1, 0.15) is 6.42 Å². The van der Waals surface area contributed by atoms with Gasteiger partial charge in [0, 0.05) is 18.0 Å². The Kier molecular flexibility index (Phi) is 4.10. The number of likely N-dealkylation sites (tertiary alicyclic amines) is 1. The highest BCUT2D eigenvalue weighted by Gasteiger charge is 2.39. The first kappa shape index (κ1) is 14.5. The number of aliphatic hydroxyl groups excluding tert-OH is 1. The van der Waals surface area contributed by atoms with Gasteiger partial charge in [0.05, 0.1) is 11.8 Å². The Morgan fingerprint density at radius 2 is 2.15 bits per heavy atom. The van der Waals surface area contributed by atoms with Crippen LogP contribution < -0.4 is 5.32 Å². The first-order valence-electron chi connectivity index (χ1n) is 5.82. The highest BCUT2D eigenvalue weighted by Crippen LogP contribution is 2.23. The molecule has 0 aliphatic carbocycles. The van der Waals surface area contributed by atoms with Crippen molar-refractivity contribution in [3.05, 3.63) is 29.0 Å². The van der Waals surface area contributed by atoms with Crippen molar-refractivity contribution in [1.29, 1.82) is 0 Å². The van der Waals surface area contributed by atoms with Gasteiger partial charge in [-0.15, -0.1) is 0 Å². The molecule has 2 atom stereocenters. The molecule has 1 aliphatic rings. The van der Waals surface area contributed by atoms with Gasteiger partial charge in [0.1, 0.15) is 11.9 Å². The highest BCUT2D eigenvalue weighted by molar-refractivity contribution is 6.30. The molecule has 1 aromatic rings. The number of halogens is 2. The number of carboxylic acid groups (broad SMARTS) is 1. The summed E-state index contributed by atoms with van der Waals surface area (Å²) in [5.41, 5.74) is -0.145. The van der Waals surface area contributed by atoms with Crippen LogP contribution in [0.2, 0.25) is 5.02 Å². The van der Waals surface area contributed by atoms with Crippen LogP contribution in [0.4, 0.5) is 14.9 Å². The third-order valence-corrected chi connectivity index (χ3v) is 3.23. The van der Waals surface area contributed by atoms with Gasteiger partial charge in [0.2, 0.25) is 0 Å². The number of hydrogen-bond donors (Lipinski definition) is 3. The van der Waals surface area contributed by atoms with E-state index in [0.29, 0.717) is 0 Å². The predicted molar refractivity (Wildman–Crippen MR) is 69.2 cm³/mol. The topological polar surface area (TPSA) is 89.9 Å². The maximum Gasteiger partial charge on any atom is 0.326 e. The lowest BCUT2D eigenvalue weighted by Gasteiger charge is -2.21. The van der Waals surface area contributed by atoms with Gasteiger partial charge >= 0.3 is 12.0 Å². The Morgan fingerprint density at radius 3 is 2.80 bits per heavy atom. The predicted octanol–water partition coefficient (Wildman–Crippen LogP) is 1.53. The monoisotopic (exact) mass is 302 g/mol. The smallest absolute Gasteiger partial charge is 0.326 e. The number of urea groups is 1. The van der Waals surface area contributed by atoms with Crippen LogP contribution >= 0.6 is 11.6 Å². The van der Waals surface area contributed by atoms with E-state index in [-0.39, 0.29) is 23.7 Å². The molecule has 0 spiro atoms. The number of benzene rings is 1. The summed E-state index contributed by atoms with van der Waals surface area (Å²) >= 11 is 5.70. The molecule has 2 amide bonds. The highest BCUT2D eigenvalue weighted by atomic mass is 35.5. The first-order chi connectivity index (χ1) is 9.38. The number of aliphatic hydroxyl groups is 1. The van der Waals surface area contributed by atoms with E-state index in [4.69, 9.17) is 16.7 Å². The van der Waals surface area contributed by atoms with E-state index in [0.717, 1.165) is 11.0 Å².